The maximum atomic E-state index is 12.7. The average molecular weight is 372 g/mol. The molecule has 2 N–H and O–H groups in total. The van der Waals surface area contributed by atoms with Crippen LogP contribution in [0.15, 0.2) is 18.2 Å². The SMILES string of the molecule is CC(O)C(c1cc(C(F)(F)F)cc(C(F)(F)F)c1)C(C)O.[Fe]. The Hall–Kier alpha value is -0.761. The number of hydrogen-bond donors (Lipinski definition) is 2. The average Bonchev–Trinajstić information content (AvgIpc) is 2.25. The second-order valence-electron chi connectivity index (χ2n) is 4.85. The van der Waals surface area contributed by atoms with Crippen LogP contribution in [-0.4, -0.2) is 22.4 Å². The summed E-state index contributed by atoms with van der Waals surface area (Å²) < 4.78 is 76.3. The first kappa shape index (κ1) is 21.2. The monoisotopic (exact) mass is 372 g/mol. The Morgan fingerprint density at radius 1 is 0.773 bits per heavy atom. The van der Waals surface area contributed by atoms with Crippen LogP contribution < -0.4 is 0 Å². The predicted molar refractivity (Wildman–Crippen MR) is 62.5 cm³/mol. The molecule has 0 aromatic heterocycles. The Morgan fingerprint density at radius 2 is 1.09 bits per heavy atom. The molecule has 1 aromatic rings. The number of aliphatic hydroxyl groups is 2. The topological polar surface area (TPSA) is 40.5 Å². The van der Waals surface area contributed by atoms with E-state index in [1.165, 1.54) is 13.8 Å². The third kappa shape index (κ3) is 5.15. The fourth-order valence-corrected chi connectivity index (χ4v) is 2.13. The van der Waals surface area contributed by atoms with Crippen LogP contribution in [0, 0.1) is 0 Å². The molecule has 0 saturated heterocycles. The van der Waals surface area contributed by atoms with Crippen LogP contribution in [0.1, 0.15) is 36.5 Å². The second-order valence-corrected chi connectivity index (χ2v) is 4.85. The fraction of sp³-hybridized carbons (Fsp3) is 0.538. The normalized spacial score (nSPS) is 16.6. The molecule has 0 aliphatic carbocycles. The fourth-order valence-electron chi connectivity index (χ4n) is 2.13. The molecule has 2 unspecified atom stereocenters. The van der Waals surface area contributed by atoms with E-state index in [1.54, 1.807) is 0 Å². The number of alkyl halides is 6. The quantitative estimate of drug-likeness (QED) is 0.629. The molecule has 0 bridgehead atoms. The van der Waals surface area contributed by atoms with Crippen molar-refractivity contribution < 1.29 is 53.6 Å². The third-order valence-electron chi connectivity index (χ3n) is 3.03. The summed E-state index contributed by atoms with van der Waals surface area (Å²) in [5, 5.41) is 19.0. The van der Waals surface area contributed by atoms with E-state index in [0.29, 0.717) is 12.1 Å². The standard InChI is InChI=1S/C13H14F6O2.Fe/c1-6(20)11(7(2)21)8-3-9(12(14,15)16)5-10(4-8)13(17,18)19;/h3-7,11,20-21H,1-2H3;. The summed E-state index contributed by atoms with van der Waals surface area (Å²) in [7, 11) is 0. The Balaban J connectivity index is 0.00000441. The molecule has 1 aromatic carbocycles. The smallest absolute Gasteiger partial charge is 0.393 e. The molecule has 22 heavy (non-hydrogen) atoms. The van der Waals surface area contributed by atoms with Gasteiger partial charge in [-0.05, 0) is 37.6 Å². The molecular formula is C13H14F6FeO2. The molecule has 9 heteroatoms. The zero-order valence-electron chi connectivity index (χ0n) is 11.5. The predicted octanol–water partition coefficient (Wildman–Crippen LogP) is 3.57. The van der Waals surface area contributed by atoms with Crippen molar-refractivity contribution in [3.05, 3.63) is 34.9 Å². The summed E-state index contributed by atoms with van der Waals surface area (Å²) >= 11 is 0. The minimum atomic E-state index is -4.96. The van der Waals surface area contributed by atoms with Gasteiger partial charge in [0.05, 0.1) is 23.3 Å². The van der Waals surface area contributed by atoms with E-state index in [9.17, 15) is 36.6 Å². The van der Waals surface area contributed by atoms with Crippen molar-refractivity contribution in [3.8, 4) is 0 Å². The van der Waals surface area contributed by atoms with Gasteiger partial charge < -0.3 is 10.2 Å². The van der Waals surface area contributed by atoms with Crippen molar-refractivity contribution in [2.75, 3.05) is 0 Å². The van der Waals surface area contributed by atoms with Gasteiger partial charge in [-0.3, -0.25) is 0 Å². The third-order valence-corrected chi connectivity index (χ3v) is 3.03. The molecule has 0 spiro atoms. The maximum absolute atomic E-state index is 12.7. The number of rotatable bonds is 3. The first-order valence-corrected chi connectivity index (χ1v) is 5.99. The summed E-state index contributed by atoms with van der Waals surface area (Å²) in [5.74, 6) is -1.26. The van der Waals surface area contributed by atoms with Gasteiger partial charge in [0.1, 0.15) is 0 Å². The summed E-state index contributed by atoms with van der Waals surface area (Å²) in [6, 6.07) is 1.03. The number of aliphatic hydroxyl groups excluding tert-OH is 2. The number of halogens is 6. The van der Waals surface area contributed by atoms with Crippen LogP contribution in [0.2, 0.25) is 0 Å². The molecule has 2 atom stereocenters. The van der Waals surface area contributed by atoms with E-state index < -0.39 is 47.2 Å². The molecule has 0 saturated carbocycles. The van der Waals surface area contributed by atoms with E-state index in [0.717, 1.165) is 0 Å². The van der Waals surface area contributed by atoms with Crippen molar-refractivity contribution in [1.82, 2.24) is 0 Å². The largest absolute Gasteiger partial charge is 0.416 e. The van der Waals surface area contributed by atoms with Gasteiger partial charge in [0.2, 0.25) is 0 Å². The molecule has 1 rings (SSSR count). The first-order chi connectivity index (χ1) is 9.34. The Kier molecular flexibility index (Phi) is 6.96. The molecular weight excluding hydrogens is 358 g/mol. The molecule has 0 heterocycles. The zero-order chi connectivity index (χ0) is 16.6. The Bertz CT molecular complexity index is 456. The molecule has 0 aliphatic rings. The Morgan fingerprint density at radius 3 is 1.32 bits per heavy atom. The van der Waals surface area contributed by atoms with Crippen molar-refractivity contribution in [2.45, 2.75) is 44.3 Å². The van der Waals surface area contributed by atoms with E-state index >= 15 is 0 Å². The van der Waals surface area contributed by atoms with Crippen LogP contribution in [0.3, 0.4) is 0 Å². The number of hydrogen-bond acceptors (Lipinski definition) is 2. The van der Waals surface area contributed by atoms with Crippen molar-refractivity contribution in [2.24, 2.45) is 0 Å². The molecule has 0 fully saturated rings. The van der Waals surface area contributed by atoms with Gasteiger partial charge in [-0.2, -0.15) is 26.3 Å². The summed E-state index contributed by atoms with van der Waals surface area (Å²) in [5.41, 5.74) is -3.36. The van der Waals surface area contributed by atoms with Gasteiger partial charge in [-0.1, -0.05) is 0 Å². The summed E-state index contributed by atoms with van der Waals surface area (Å²) in [6.45, 7) is 2.37. The second kappa shape index (κ2) is 7.21. The van der Waals surface area contributed by atoms with Crippen molar-refractivity contribution >= 4 is 0 Å². The molecule has 0 amide bonds. The first-order valence-electron chi connectivity index (χ1n) is 5.99. The maximum Gasteiger partial charge on any atom is 0.416 e. The van der Waals surface area contributed by atoms with Crippen molar-refractivity contribution in [1.29, 1.82) is 0 Å². The van der Waals surface area contributed by atoms with Gasteiger partial charge in [0.15, 0.2) is 0 Å². The van der Waals surface area contributed by atoms with E-state index in [2.05, 4.69) is 0 Å². The summed E-state index contributed by atoms with van der Waals surface area (Å²) in [4.78, 5) is 0. The molecule has 0 radical (unpaired) electrons. The molecule has 2 nitrogen and oxygen atoms in total. The van der Waals surface area contributed by atoms with Gasteiger partial charge in [0.25, 0.3) is 0 Å². The van der Waals surface area contributed by atoms with E-state index in [1.807, 2.05) is 0 Å². The summed E-state index contributed by atoms with van der Waals surface area (Å²) in [6.07, 6.45) is -12.5. The Labute approximate surface area is 133 Å². The van der Waals surface area contributed by atoms with E-state index in [4.69, 9.17) is 0 Å². The zero-order valence-corrected chi connectivity index (χ0v) is 12.6. The molecule has 0 aliphatic heterocycles. The van der Waals surface area contributed by atoms with Crippen LogP contribution in [0.5, 0.6) is 0 Å². The van der Waals surface area contributed by atoms with Gasteiger partial charge in [0, 0.05) is 23.0 Å². The van der Waals surface area contributed by atoms with Crippen molar-refractivity contribution in [3.63, 3.8) is 0 Å². The molecule has 128 valence electrons. The van der Waals surface area contributed by atoms with E-state index in [-0.39, 0.29) is 23.1 Å². The van der Waals surface area contributed by atoms with Gasteiger partial charge >= 0.3 is 12.4 Å². The van der Waals surface area contributed by atoms with Crippen LogP contribution >= 0.6 is 0 Å². The minimum absolute atomic E-state index is 0. The van der Waals surface area contributed by atoms with Crippen LogP contribution in [0.25, 0.3) is 0 Å². The minimum Gasteiger partial charge on any atom is -0.393 e. The van der Waals surface area contributed by atoms with Crippen LogP contribution in [0.4, 0.5) is 26.3 Å². The van der Waals surface area contributed by atoms with Gasteiger partial charge in [-0.15, -0.1) is 0 Å². The number of benzene rings is 1. The van der Waals surface area contributed by atoms with Crippen LogP contribution in [-0.2, 0) is 29.4 Å². The van der Waals surface area contributed by atoms with Gasteiger partial charge in [-0.25, -0.2) is 0 Å².